The zero-order valence-corrected chi connectivity index (χ0v) is 6.83. The number of carbonyl (C=O) groups is 1. The molecule has 0 aromatic rings. The predicted octanol–water partition coefficient (Wildman–Crippen LogP) is 2.20. The van der Waals surface area contributed by atoms with Crippen molar-refractivity contribution in [2.45, 2.75) is 19.0 Å². The molecular formula is C8H8F2O3. The van der Waals surface area contributed by atoms with E-state index in [2.05, 4.69) is 4.74 Å². The van der Waals surface area contributed by atoms with Crippen LogP contribution in [0.25, 0.3) is 0 Å². The number of rotatable bonds is 1. The van der Waals surface area contributed by atoms with E-state index in [1.165, 1.54) is 19.1 Å². The van der Waals surface area contributed by atoms with Crippen LogP contribution in [0.5, 0.6) is 0 Å². The third-order valence-corrected chi connectivity index (χ3v) is 1.74. The molecule has 13 heavy (non-hydrogen) atoms. The summed E-state index contributed by atoms with van der Waals surface area (Å²) >= 11 is 0. The van der Waals surface area contributed by atoms with Gasteiger partial charge in [0.05, 0.1) is 0 Å². The Bertz CT molecular complexity index is 281. The normalized spacial score (nSPS) is 25.2. The van der Waals surface area contributed by atoms with Crippen molar-refractivity contribution in [2.75, 3.05) is 0 Å². The van der Waals surface area contributed by atoms with Gasteiger partial charge in [0.25, 0.3) is 0 Å². The minimum absolute atomic E-state index is 0.207. The number of ether oxygens (including phenoxy) is 1. The quantitative estimate of drug-likeness (QED) is 0.644. The van der Waals surface area contributed by atoms with Gasteiger partial charge in [0.15, 0.2) is 6.10 Å². The fourth-order valence-electron chi connectivity index (χ4n) is 0.979. The fourth-order valence-corrected chi connectivity index (χ4v) is 0.979. The molecule has 0 radical (unpaired) electrons. The van der Waals surface area contributed by atoms with Gasteiger partial charge in [0.1, 0.15) is 0 Å². The van der Waals surface area contributed by atoms with Crippen molar-refractivity contribution in [3.63, 3.8) is 0 Å². The summed E-state index contributed by atoms with van der Waals surface area (Å²) in [6.45, 7) is 1.22. The number of halogens is 2. The molecule has 0 saturated heterocycles. The van der Waals surface area contributed by atoms with Crippen molar-refractivity contribution in [3.05, 3.63) is 23.8 Å². The summed E-state index contributed by atoms with van der Waals surface area (Å²) in [5.41, 5.74) is -0.207. The summed E-state index contributed by atoms with van der Waals surface area (Å²) in [6, 6.07) is 0. The second-order valence-corrected chi connectivity index (χ2v) is 2.66. The molecule has 0 heterocycles. The molecule has 1 rings (SSSR count). The van der Waals surface area contributed by atoms with E-state index in [1.807, 2.05) is 0 Å². The van der Waals surface area contributed by atoms with Gasteiger partial charge in [-0.05, 0) is 18.6 Å². The predicted molar refractivity (Wildman–Crippen MR) is 40.7 cm³/mol. The molecule has 1 atom stereocenters. The van der Waals surface area contributed by atoms with Crippen LogP contribution in [-0.4, -0.2) is 23.3 Å². The zero-order chi connectivity index (χ0) is 10.1. The Morgan fingerprint density at radius 3 is 2.85 bits per heavy atom. The lowest BCUT2D eigenvalue weighted by molar-refractivity contribution is -0.0732. The summed E-state index contributed by atoms with van der Waals surface area (Å²) in [5, 5.41) is 8.18. The largest absolute Gasteiger partial charge is 0.506 e. The van der Waals surface area contributed by atoms with E-state index < -0.39 is 18.2 Å². The summed E-state index contributed by atoms with van der Waals surface area (Å²) < 4.78 is 30.2. The molecule has 0 aromatic carbocycles. The first-order valence-corrected chi connectivity index (χ1v) is 3.57. The lowest BCUT2D eigenvalue weighted by Crippen LogP contribution is -2.38. The van der Waals surface area contributed by atoms with Crippen molar-refractivity contribution in [1.29, 1.82) is 0 Å². The first-order valence-electron chi connectivity index (χ1n) is 3.57. The van der Waals surface area contributed by atoms with Crippen LogP contribution < -0.4 is 0 Å². The van der Waals surface area contributed by atoms with E-state index >= 15 is 0 Å². The number of alkyl halides is 2. The Balaban J connectivity index is 2.83. The highest BCUT2D eigenvalue weighted by Crippen LogP contribution is 2.33. The van der Waals surface area contributed by atoms with Gasteiger partial charge in [-0.25, -0.2) is 4.79 Å². The molecule has 0 aliphatic heterocycles. The van der Waals surface area contributed by atoms with E-state index in [9.17, 15) is 13.6 Å². The summed E-state index contributed by atoms with van der Waals surface area (Å²) in [5.74, 6) is -3.24. The van der Waals surface area contributed by atoms with Crippen molar-refractivity contribution >= 4 is 6.16 Å². The molecule has 72 valence electrons. The molecule has 0 saturated carbocycles. The smallest absolute Gasteiger partial charge is 0.450 e. The lowest BCUT2D eigenvalue weighted by Gasteiger charge is -2.25. The van der Waals surface area contributed by atoms with E-state index in [0.717, 1.165) is 6.08 Å². The number of hydrogen-bond acceptors (Lipinski definition) is 2. The Kier molecular flexibility index (Phi) is 2.36. The maximum atomic E-state index is 13.1. The molecule has 0 spiro atoms. The Morgan fingerprint density at radius 1 is 1.69 bits per heavy atom. The van der Waals surface area contributed by atoms with Gasteiger partial charge < -0.3 is 9.84 Å². The van der Waals surface area contributed by atoms with Gasteiger partial charge in [0, 0.05) is 0 Å². The van der Waals surface area contributed by atoms with E-state index in [1.54, 1.807) is 0 Å². The maximum Gasteiger partial charge on any atom is 0.506 e. The van der Waals surface area contributed by atoms with Crippen LogP contribution in [0.2, 0.25) is 0 Å². The van der Waals surface area contributed by atoms with Crippen LogP contribution in [0.15, 0.2) is 23.8 Å². The summed E-state index contributed by atoms with van der Waals surface area (Å²) in [7, 11) is 0. The molecule has 1 aliphatic carbocycles. The molecule has 3 nitrogen and oxygen atoms in total. The van der Waals surface area contributed by atoms with Gasteiger partial charge in [-0.3, -0.25) is 0 Å². The van der Waals surface area contributed by atoms with Crippen molar-refractivity contribution in [2.24, 2.45) is 0 Å². The van der Waals surface area contributed by atoms with Crippen LogP contribution >= 0.6 is 0 Å². The molecular weight excluding hydrogens is 182 g/mol. The molecule has 1 N–H and O–H groups in total. The molecule has 0 amide bonds. The third-order valence-electron chi connectivity index (χ3n) is 1.74. The van der Waals surface area contributed by atoms with Crippen molar-refractivity contribution in [3.8, 4) is 0 Å². The van der Waals surface area contributed by atoms with Crippen molar-refractivity contribution < 1.29 is 23.4 Å². The highest BCUT2D eigenvalue weighted by atomic mass is 19.3. The zero-order valence-electron chi connectivity index (χ0n) is 6.83. The average molecular weight is 190 g/mol. The van der Waals surface area contributed by atoms with Crippen LogP contribution in [0.3, 0.4) is 0 Å². The summed E-state index contributed by atoms with van der Waals surface area (Å²) in [6.07, 6.45) is 0.169. The molecule has 0 fully saturated rings. The first-order chi connectivity index (χ1) is 5.94. The monoisotopic (exact) mass is 190 g/mol. The van der Waals surface area contributed by atoms with Crippen LogP contribution in [0, 0.1) is 0 Å². The van der Waals surface area contributed by atoms with Crippen LogP contribution in [-0.2, 0) is 4.74 Å². The minimum atomic E-state index is -3.24. The van der Waals surface area contributed by atoms with Crippen molar-refractivity contribution in [1.82, 2.24) is 0 Å². The van der Waals surface area contributed by atoms with Gasteiger partial charge in [-0.15, -0.1) is 0 Å². The van der Waals surface area contributed by atoms with E-state index in [0.29, 0.717) is 0 Å². The van der Waals surface area contributed by atoms with Gasteiger partial charge in [-0.1, -0.05) is 12.2 Å². The number of allylic oxidation sites excluding steroid dienone is 2. The second-order valence-electron chi connectivity index (χ2n) is 2.66. The molecule has 1 unspecified atom stereocenters. The Labute approximate surface area is 73.3 Å². The molecule has 1 aliphatic rings. The van der Waals surface area contributed by atoms with Gasteiger partial charge in [0.2, 0.25) is 0 Å². The average Bonchev–Trinajstić information content (AvgIpc) is 1.99. The van der Waals surface area contributed by atoms with Crippen LogP contribution in [0.1, 0.15) is 6.92 Å². The first kappa shape index (κ1) is 9.70. The maximum absolute atomic E-state index is 13.1. The highest BCUT2D eigenvalue weighted by molar-refractivity contribution is 5.58. The number of hydrogen-bond donors (Lipinski definition) is 1. The molecule has 5 heteroatoms. The topological polar surface area (TPSA) is 46.5 Å². The second kappa shape index (κ2) is 3.16. The molecule has 0 bridgehead atoms. The van der Waals surface area contributed by atoms with E-state index in [-0.39, 0.29) is 5.57 Å². The summed E-state index contributed by atoms with van der Waals surface area (Å²) in [4.78, 5) is 10.1. The number of carboxylic acid groups (broad SMARTS) is 1. The Morgan fingerprint density at radius 2 is 2.31 bits per heavy atom. The van der Waals surface area contributed by atoms with E-state index in [4.69, 9.17) is 5.11 Å². The lowest BCUT2D eigenvalue weighted by atomic mass is 9.99. The standard InChI is InChI=1S/C8H8F2O3/c1-5-3-2-4-6(8(5,9)10)13-7(11)12/h2-4,6H,1H3,(H,11,12). The van der Waals surface area contributed by atoms with Gasteiger partial charge in [-0.2, -0.15) is 8.78 Å². The highest BCUT2D eigenvalue weighted by Gasteiger charge is 2.43. The SMILES string of the molecule is CC1=CC=CC(OC(=O)O)C1(F)F. The van der Waals surface area contributed by atoms with Crippen LogP contribution in [0.4, 0.5) is 13.6 Å². The third kappa shape index (κ3) is 1.85. The fraction of sp³-hybridized carbons (Fsp3) is 0.375. The minimum Gasteiger partial charge on any atom is -0.450 e. The molecule has 0 aromatic heterocycles. The van der Waals surface area contributed by atoms with Gasteiger partial charge >= 0.3 is 12.1 Å². The Hall–Kier alpha value is -1.39.